The Morgan fingerprint density at radius 3 is 1.42 bits per heavy atom. The first-order chi connectivity index (χ1) is 38.1. The van der Waals surface area contributed by atoms with E-state index in [4.69, 9.17) is 28.2 Å². The number of fused-ring (bicyclic) bond motifs is 15. The number of nitrogens with zero attached hydrogens (tertiary/aromatic N) is 4. The predicted octanol–water partition coefficient (Wildman–Crippen LogP) is 19.4. The summed E-state index contributed by atoms with van der Waals surface area (Å²) in [6.45, 7) is 0. The van der Waals surface area contributed by atoms with E-state index < -0.39 is 0 Å². The molecule has 6 heterocycles. The molecule has 0 fully saturated rings. The molecular formula is C69H38N4O3S. The van der Waals surface area contributed by atoms with Gasteiger partial charge in [-0.1, -0.05) is 121 Å². The molecule has 0 bridgehead atoms. The topological polar surface area (TPSA) is 83.0 Å². The molecule has 358 valence electrons. The first-order valence-corrected chi connectivity index (χ1v) is 26.5. The van der Waals surface area contributed by atoms with Crippen LogP contribution in [0.2, 0.25) is 0 Å². The van der Waals surface area contributed by atoms with Gasteiger partial charge in [0, 0.05) is 85.6 Å². The van der Waals surface area contributed by atoms with Crippen LogP contribution < -0.4 is 0 Å². The SMILES string of the molecule is c1ccc(-n2c3ccccc3c3cc(-c4ccc5sc6ccc(-c7ccc8oc9cccc(-c%10nc(-c%11ccc%12c(c%11)oc%11ccccc%11%12)nc(-c%11ccc%12c(c%11)oc%11ccccc%11%12)n%10)c9c8c7)cc6c5c4)ccc32)cc1. The molecule has 8 heteroatoms. The van der Waals surface area contributed by atoms with Crippen molar-refractivity contribution in [2.24, 2.45) is 0 Å². The van der Waals surface area contributed by atoms with Crippen molar-refractivity contribution in [1.29, 1.82) is 0 Å². The molecule has 17 rings (SSSR count). The van der Waals surface area contributed by atoms with Crippen molar-refractivity contribution in [2.75, 3.05) is 0 Å². The van der Waals surface area contributed by atoms with Crippen molar-refractivity contribution in [3.05, 3.63) is 231 Å². The number of hydrogen-bond acceptors (Lipinski definition) is 7. The zero-order chi connectivity index (χ0) is 50.3. The molecule has 17 aromatic rings. The summed E-state index contributed by atoms with van der Waals surface area (Å²) in [6.07, 6.45) is 0. The van der Waals surface area contributed by atoms with E-state index >= 15 is 0 Å². The molecule has 0 radical (unpaired) electrons. The number of hydrogen-bond donors (Lipinski definition) is 0. The van der Waals surface area contributed by atoms with Gasteiger partial charge in [0.2, 0.25) is 0 Å². The Labute approximate surface area is 442 Å². The van der Waals surface area contributed by atoms with Crippen LogP contribution in [-0.2, 0) is 0 Å². The lowest BCUT2D eigenvalue weighted by molar-refractivity contribution is 0.668. The minimum absolute atomic E-state index is 0.526. The quantitative estimate of drug-likeness (QED) is 0.165. The largest absolute Gasteiger partial charge is 0.456 e. The van der Waals surface area contributed by atoms with E-state index in [2.05, 4.69) is 174 Å². The van der Waals surface area contributed by atoms with Gasteiger partial charge in [-0.3, -0.25) is 0 Å². The Morgan fingerprint density at radius 2 is 0.753 bits per heavy atom. The lowest BCUT2D eigenvalue weighted by Crippen LogP contribution is -2.00. The maximum absolute atomic E-state index is 6.64. The Bertz CT molecular complexity index is 5180. The van der Waals surface area contributed by atoms with E-state index in [0.717, 1.165) is 99.3 Å². The molecular weight excluding hydrogens is 965 g/mol. The summed E-state index contributed by atoms with van der Waals surface area (Å²) in [6, 6.07) is 81.2. The fourth-order valence-electron chi connectivity index (χ4n) is 11.8. The third kappa shape index (κ3) is 6.52. The molecule has 0 aliphatic carbocycles. The number of para-hydroxylation sites is 4. The summed E-state index contributed by atoms with van der Waals surface area (Å²) in [4.78, 5) is 15.7. The third-order valence-electron chi connectivity index (χ3n) is 15.5. The van der Waals surface area contributed by atoms with Gasteiger partial charge in [-0.2, -0.15) is 0 Å². The number of thiophene rings is 1. The Balaban J connectivity index is 0.793. The first-order valence-electron chi connectivity index (χ1n) is 25.7. The van der Waals surface area contributed by atoms with Crippen LogP contribution >= 0.6 is 11.3 Å². The van der Waals surface area contributed by atoms with Crippen molar-refractivity contribution < 1.29 is 13.3 Å². The summed E-state index contributed by atoms with van der Waals surface area (Å²) >= 11 is 1.83. The Kier molecular flexibility index (Phi) is 8.87. The second-order valence-electron chi connectivity index (χ2n) is 19.9. The van der Waals surface area contributed by atoms with Gasteiger partial charge < -0.3 is 17.8 Å². The molecule has 0 amide bonds. The number of benzene rings is 11. The van der Waals surface area contributed by atoms with E-state index in [1.807, 2.05) is 72.0 Å². The third-order valence-corrected chi connectivity index (χ3v) is 16.6. The second kappa shape index (κ2) is 16.2. The molecule has 0 aliphatic heterocycles. The minimum Gasteiger partial charge on any atom is -0.456 e. The van der Waals surface area contributed by atoms with E-state index in [1.54, 1.807) is 0 Å². The van der Waals surface area contributed by atoms with Gasteiger partial charge in [-0.05, 0) is 131 Å². The molecule has 0 aliphatic rings. The average molecular weight is 1000 g/mol. The summed E-state index contributed by atoms with van der Waals surface area (Å²) in [5, 5.41) is 11.1. The summed E-state index contributed by atoms with van der Waals surface area (Å²) in [5.41, 5.74) is 15.3. The molecule has 0 saturated heterocycles. The van der Waals surface area contributed by atoms with Gasteiger partial charge >= 0.3 is 0 Å². The van der Waals surface area contributed by atoms with Crippen LogP contribution in [0.15, 0.2) is 244 Å². The van der Waals surface area contributed by atoms with E-state index in [1.165, 1.54) is 53.1 Å². The van der Waals surface area contributed by atoms with E-state index in [9.17, 15) is 0 Å². The highest BCUT2D eigenvalue weighted by Gasteiger charge is 2.21. The summed E-state index contributed by atoms with van der Waals surface area (Å²) in [7, 11) is 0. The lowest BCUT2D eigenvalue weighted by atomic mass is 9.98. The molecule has 0 unspecified atom stereocenters. The average Bonchev–Trinajstić information content (AvgIpc) is 4.37. The first kappa shape index (κ1) is 42.2. The molecule has 0 N–H and O–H groups in total. The van der Waals surface area contributed by atoms with Crippen LogP contribution in [0.4, 0.5) is 0 Å². The van der Waals surface area contributed by atoms with Crippen LogP contribution in [0.5, 0.6) is 0 Å². The van der Waals surface area contributed by atoms with Gasteiger partial charge in [0.25, 0.3) is 0 Å². The highest BCUT2D eigenvalue weighted by atomic mass is 32.1. The van der Waals surface area contributed by atoms with Crippen LogP contribution in [0.3, 0.4) is 0 Å². The molecule has 0 saturated carbocycles. The van der Waals surface area contributed by atoms with Crippen LogP contribution in [-0.4, -0.2) is 19.5 Å². The maximum atomic E-state index is 6.64. The van der Waals surface area contributed by atoms with Crippen molar-refractivity contribution in [1.82, 2.24) is 19.5 Å². The fraction of sp³-hybridized carbons (Fsp3) is 0. The maximum Gasteiger partial charge on any atom is 0.164 e. The van der Waals surface area contributed by atoms with E-state index in [-0.39, 0.29) is 0 Å². The standard InChI is InChI=1S/C69H38N4O3S/c1-2-11-45(12-3-1)73-56-17-7-4-13-46(56)52-33-39(23-29-57(52)73)41-25-31-64-53(34-41)54-35-42(26-32-65(54)77-64)40-24-30-60-55(36-40)66-51(16-10-20-61(66)74-60)69-71-67(43-21-27-49-47-14-5-8-18-58(47)75-62(49)37-43)70-68(72-69)44-22-28-50-48-15-6-9-19-59(48)76-63(50)38-44/h1-38H. The van der Waals surface area contributed by atoms with Gasteiger partial charge in [0.15, 0.2) is 17.5 Å². The summed E-state index contributed by atoms with van der Waals surface area (Å²) in [5.74, 6) is 1.58. The fourth-order valence-corrected chi connectivity index (χ4v) is 12.9. The summed E-state index contributed by atoms with van der Waals surface area (Å²) < 4.78 is 24.3. The van der Waals surface area contributed by atoms with Crippen LogP contribution in [0.25, 0.3) is 170 Å². The van der Waals surface area contributed by atoms with Crippen molar-refractivity contribution in [3.8, 4) is 62.1 Å². The molecule has 0 spiro atoms. The van der Waals surface area contributed by atoms with Gasteiger partial charge in [-0.25, -0.2) is 15.0 Å². The lowest BCUT2D eigenvalue weighted by Gasteiger charge is -2.10. The van der Waals surface area contributed by atoms with Crippen LogP contribution in [0, 0.1) is 0 Å². The van der Waals surface area contributed by atoms with Gasteiger partial charge in [-0.15, -0.1) is 11.3 Å². The van der Waals surface area contributed by atoms with Crippen molar-refractivity contribution in [2.45, 2.75) is 0 Å². The highest BCUT2D eigenvalue weighted by molar-refractivity contribution is 7.25. The zero-order valence-corrected chi connectivity index (χ0v) is 41.7. The number of aromatic nitrogens is 4. The smallest absolute Gasteiger partial charge is 0.164 e. The van der Waals surface area contributed by atoms with Crippen molar-refractivity contribution >= 4 is 119 Å². The second-order valence-corrected chi connectivity index (χ2v) is 20.9. The monoisotopic (exact) mass is 1000 g/mol. The number of furan rings is 3. The van der Waals surface area contributed by atoms with Gasteiger partial charge in [0.1, 0.15) is 33.5 Å². The molecule has 7 nitrogen and oxygen atoms in total. The Hall–Kier alpha value is -10.2. The molecule has 0 atom stereocenters. The molecule has 6 aromatic heterocycles. The van der Waals surface area contributed by atoms with Gasteiger partial charge in [0.05, 0.1) is 11.0 Å². The van der Waals surface area contributed by atoms with Crippen LogP contribution in [0.1, 0.15) is 0 Å². The predicted molar refractivity (Wildman–Crippen MR) is 316 cm³/mol. The Morgan fingerprint density at radius 1 is 0.286 bits per heavy atom. The normalized spacial score (nSPS) is 12.2. The molecule has 77 heavy (non-hydrogen) atoms. The highest BCUT2D eigenvalue weighted by Crippen LogP contribution is 2.43. The number of rotatable bonds is 6. The van der Waals surface area contributed by atoms with E-state index in [0.29, 0.717) is 17.5 Å². The molecule has 11 aromatic carbocycles. The minimum atomic E-state index is 0.526. The zero-order valence-electron chi connectivity index (χ0n) is 40.9. The van der Waals surface area contributed by atoms with Crippen molar-refractivity contribution in [3.63, 3.8) is 0 Å².